The number of hydrogen-bond acceptors (Lipinski definition) is 7. The molecule has 3 aromatic rings. The number of rotatable bonds is 5. The third kappa shape index (κ3) is 4.87. The zero-order valence-corrected chi connectivity index (χ0v) is 22.4. The molecule has 7 nitrogen and oxygen atoms in total. The molecule has 2 aromatic heterocycles. The van der Waals surface area contributed by atoms with Gasteiger partial charge in [-0.05, 0) is 42.3 Å². The molecule has 0 radical (unpaired) electrons. The van der Waals surface area contributed by atoms with Crippen molar-refractivity contribution in [3.63, 3.8) is 0 Å². The molecule has 0 aliphatic carbocycles. The zero-order valence-electron chi connectivity index (χ0n) is 20.1. The van der Waals surface area contributed by atoms with Crippen LogP contribution >= 0.6 is 35.6 Å². The fourth-order valence-corrected chi connectivity index (χ4v) is 5.90. The maximum atomic E-state index is 13.6. The molecule has 2 aliphatic heterocycles. The third-order valence-corrected chi connectivity index (χ3v) is 7.81. The number of amides is 1. The van der Waals surface area contributed by atoms with Crippen molar-refractivity contribution in [1.82, 2.24) is 14.3 Å². The number of pyridine rings is 1. The van der Waals surface area contributed by atoms with E-state index in [1.54, 1.807) is 23.2 Å². The first-order valence-electron chi connectivity index (χ1n) is 11.8. The summed E-state index contributed by atoms with van der Waals surface area (Å²) in [6.45, 7) is 7.51. The zero-order chi connectivity index (χ0) is 25.4. The standard InChI is InChI=1S/C26H26ClN5O2S2/c1-17(2)16-32-25(34)21(36-26(32)35)15-20-23(28-22-8-3-4-9-31(22)24(20)33)30-12-10-29(11-13-30)19-7-5-6-18(27)14-19/h3-9,14-15,17H,10-13,16H2,1-2H3. The van der Waals surface area contributed by atoms with Crippen LogP contribution in [0.1, 0.15) is 19.4 Å². The van der Waals surface area contributed by atoms with Gasteiger partial charge in [-0.25, -0.2) is 4.98 Å². The molecule has 0 bridgehead atoms. The fourth-order valence-electron chi connectivity index (χ4n) is 4.46. The minimum atomic E-state index is -0.206. The molecule has 2 saturated heterocycles. The second kappa shape index (κ2) is 10.2. The Balaban J connectivity index is 1.50. The summed E-state index contributed by atoms with van der Waals surface area (Å²) >= 11 is 12.9. The van der Waals surface area contributed by atoms with Crippen LogP contribution in [0, 0.1) is 5.92 Å². The fraction of sp³-hybridized carbons (Fsp3) is 0.308. The quantitative estimate of drug-likeness (QED) is 0.348. The molecule has 2 fully saturated rings. The first kappa shape index (κ1) is 24.8. The highest BCUT2D eigenvalue weighted by atomic mass is 35.5. The summed E-state index contributed by atoms with van der Waals surface area (Å²) < 4.78 is 2.04. The van der Waals surface area contributed by atoms with E-state index in [0.29, 0.717) is 50.9 Å². The van der Waals surface area contributed by atoms with E-state index in [-0.39, 0.29) is 17.4 Å². The van der Waals surface area contributed by atoms with E-state index < -0.39 is 0 Å². The van der Waals surface area contributed by atoms with E-state index in [1.807, 2.05) is 50.2 Å². The van der Waals surface area contributed by atoms with Gasteiger partial charge >= 0.3 is 0 Å². The lowest BCUT2D eigenvalue weighted by molar-refractivity contribution is -0.122. The number of fused-ring (bicyclic) bond motifs is 1. The summed E-state index contributed by atoms with van der Waals surface area (Å²) in [5, 5.41) is 0.705. The number of hydrogen-bond donors (Lipinski definition) is 0. The number of benzene rings is 1. The first-order chi connectivity index (χ1) is 17.3. The highest BCUT2D eigenvalue weighted by Crippen LogP contribution is 2.34. The summed E-state index contributed by atoms with van der Waals surface area (Å²) in [5.41, 5.74) is 1.84. The predicted molar refractivity (Wildman–Crippen MR) is 152 cm³/mol. The minimum absolute atomic E-state index is 0.159. The summed E-state index contributed by atoms with van der Waals surface area (Å²) in [4.78, 5) is 38.1. The average molecular weight is 540 g/mol. The van der Waals surface area contributed by atoms with Crippen molar-refractivity contribution in [2.75, 3.05) is 42.5 Å². The number of anilines is 2. The molecule has 4 heterocycles. The summed E-state index contributed by atoms with van der Waals surface area (Å²) in [6.07, 6.45) is 3.37. The predicted octanol–water partition coefficient (Wildman–Crippen LogP) is 4.53. The van der Waals surface area contributed by atoms with Crippen LogP contribution in [0.4, 0.5) is 11.5 Å². The molecule has 2 aliphatic rings. The van der Waals surface area contributed by atoms with Crippen molar-refractivity contribution in [1.29, 1.82) is 0 Å². The Morgan fingerprint density at radius 2 is 1.83 bits per heavy atom. The van der Waals surface area contributed by atoms with E-state index in [9.17, 15) is 9.59 Å². The van der Waals surface area contributed by atoms with E-state index >= 15 is 0 Å². The maximum absolute atomic E-state index is 13.6. The van der Waals surface area contributed by atoms with Crippen LogP contribution in [-0.2, 0) is 4.79 Å². The highest BCUT2D eigenvalue weighted by molar-refractivity contribution is 8.26. The Bertz CT molecular complexity index is 1430. The van der Waals surface area contributed by atoms with Crippen LogP contribution in [0.3, 0.4) is 0 Å². The van der Waals surface area contributed by atoms with E-state index in [4.69, 9.17) is 28.8 Å². The van der Waals surface area contributed by atoms with Gasteiger partial charge in [0.2, 0.25) is 0 Å². The number of halogens is 1. The lowest BCUT2D eigenvalue weighted by Gasteiger charge is -2.37. The van der Waals surface area contributed by atoms with Crippen molar-refractivity contribution >= 4 is 69.0 Å². The number of nitrogens with zero attached hydrogens (tertiary/aromatic N) is 5. The Labute approximate surface area is 224 Å². The third-order valence-electron chi connectivity index (χ3n) is 6.20. The number of thiocarbonyl (C=S) groups is 1. The van der Waals surface area contributed by atoms with Crippen LogP contribution in [0.2, 0.25) is 5.02 Å². The second-order valence-corrected chi connectivity index (χ2v) is 11.3. The molecular weight excluding hydrogens is 514 g/mol. The van der Waals surface area contributed by atoms with Gasteiger partial charge < -0.3 is 9.80 Å². The molecule has 10 heteroatoms. The normalized spacial score (nSPS) is 17.8. The highest BCUT2D eigenvalue weighted by Gasteiger charge is 2.33. The number of piperazine rings is 1. The maximum Gasteiger partial charge on any atom is 0.267 e. The lowest BCUT2D eigenvalue weighted by atomic mass is 10.2. The SMILES string of the molecule is CC(C)CN1C(=O)C(=Cc2c(N3CCN(c4cccc(Cl)c4)CC3)nc3ccccn3c2=O)SC1=S. The topological polar surface area (TPSA) is 61.2 Å². The Hall–Kier alpha value is -2.88. The van der Waals surface area contributed by atoms with Gasteiger partial charge in [0, 0.05) is 49.6 Å². The molecule has 1 amide bonds. The molecule has 1 aromatic carbocycles. The van der Waals surface area contributed by atoms with Crippen LogP contribution in [0.5, 0.6) is 0 Å². The van der Waals surface area contributed by atoms with E-state index in [1.165, 1.54) is 16.2 Å². The van der Waals surface area contributed by atoms with Crippen molar-refractivity contribution < 1.29 is 4.79 Å². The molecule has 0 unspecified atom stereocenters. The van der Waals surface area contributed by atoms with Gasteiger partial charge in [0.05, 0.1) is 10.5 Å². The van der Waals surface area contributed by atoms with Crippen molar-refractivity contribution in [3.8, 4) is 0 Å². The minimum Gasteiger partial charge on any atom is -0.368 e. The van der Waals surface area contributed by atoms with Gasteiger partial charge in [-0.2, -0.15) is 0 Å². The number of carbonyl (C=O) groups excluding carboxylic acids is 1. The van der Waals surface area contributed by atoms with Gasteiger partial charge in [-0.15, -0.1) is 0 Å². The smallest absolute Gasteiger partial charge is 0.267 e. The van der Waals surface area contributed by atoms with Crippen LogP contribution < -0.4 is 15.4 Å². The number of carbonyl (C=O) groups is 1. The molecule has 0 saturated carbocycles. The van der Waals surface area contributed by atoms with Crippen LogP contribution in [-0.4, -0.2) is 57.2 Å². The molecule has 186 valence electrons. The summed E-state index contributed by atoms with van der Waals surface area (Å²) in [6, 6.07) is 13.3. The summed E-state index contributed by atoms with van der Waals surface area (Å²) in [5.74, 6) is 0.713. The number of thioether (sulfide) groups is 1. The molecular formula is C26H26ClN5O2S2. The van der Waals surface area contributed by atoms with Crippen LogP contribution in [0.15, 0.2) is 58.4 Å². The molecule has 5 rings (SSSR count). The van der Waals surface area contributed by atoms with Gasteiger partial charge in [-0.3, -0.25) is 18.9 Å². The second-order valence-electron chi connectivity index (χ2n) is 9.22. The van der Waals surface area contributed by atoms with Crippen LogP contribution in [0.25, 0.3) is 11.7 Å². The monoisotopic (exact) mass is 539 g/mol. The van der Waals surface area contributed by atoms with E-state index in [0.717, 1.165) is 18.8 Å². The van der Waals surface area contributed by atoms with Crippen molar-refractivity contribution in [3.05, 3.63) is 74.5 Å². The van der Waals surface area contributed by atoms with Gasteiger partial charge in [0.25, 0.3) is 11.5 Å². The molecule has 0 N–H and O–H groups in total. The Morgan fingerprint density at radius 3 is 2.56 bits per heavy atom. The van der Waals surface area contributed by atoms with Gasteiger partial charge in [0.1, 0.15) is 15.8 Å². The van der Waals surface area contributed by atoms with Crippen molar-refractivity contribution in [2.45, 2.75) is 13.8 Å². The first-order valence-corrected chi connectivity index (χ1v) is 13.4. The van der Waals surface area contributed by atoms with Crippen molar-refractivity contribution in [2.24, 2.45) is 5.92 Å². The molecule has 0 atom stereocenters. The van der Waals surface area contributed by atoms with Gasteiger partial charge in [0.15, 0.2) is 0 Å². The molecule has 0 spiro atoms. The Kier molecular flexibility index (Phi) is 7.05. The average Bonchev–Trinajstić information content (AvgIpc) is 3.12. The number of aromatic nitrogens is 2. The van der Waals surface area contributed by atoms with E-state index in [2.05, 4.69) is 9.80 Å². The largest absolute Gasteiger partial charge is 0.368 e. The summed E-state index contributed by atoms with van der Waals surface area (Å²) in [7, 11) is 0. The van der Waals surface area contributed by atoms with Gasteiger partial charge in [-0.1, -0.05) is 61.6 Å². The molecule has 36 heavy (non-hydrogen) atoms. The Morgan fingerprint density at radius 1 is 1.08 bits per heavy atom. The lowest BCUT2D eigenvalue weighted by Crippen LogP contribution is -2.47.